The van der Waals surface area contributed by atoms with E-state index < -0.39 is 0 Å². The van der Waals surface area contributed by atoms with Crippen molar-refractivity contribution in [2.75, 3.05) is 0 Å². The third-order valence-corrected chi connectivity index (χ3v) is 6.92. The number of amides is 1. The highest BCUT2D eigenvalue weighted by molar-refractivity contribution is 5.86. The van der Waals surface area contributed by atoms with Gasteiger partial charge in [-0.3, -0.25) is 4.79 Å². The second kappa shape index (κ2) is 10.2. The molecule has 3 aromatic carbocycles. The Morgan fingerprint density at radius 2 is 1.46 bits per heavy atom. The summed E-state index contributed by atoms with van der Waals surface area (Å²) < 4.78 is 7.94. The SMILES string of the molecule is O=C1[C@H](CCn2cnc3c(OCc4ccccc4)ncnc32)[C@@H](c2ccccc2)N1Cc1ccccc1. The average molecular weight is 490 g/mol. The van der Waals surface area contributed by atoms with Crippen LogP contribution >= 0.6 is 0 Å². The molecule has 0 aliphatic carbocycles. The Morgan fingerprint density at radius 3 is 2.19 bits per heavy atom. The number of rotatable bonds is 9. The molecule has 7 heteroatoms. The lowest BCUT2D eigenvalue weighted by Gasteiger charge is -2.48. The highest BCUT2D eigenvalue weighted by atomic mass is 16.5. The summed E-state index contributed by atoms with van der Waals surface area (Å²) in [4.78, 5) is 28.6. The standard InChI is InChI=1S/C30H27N5O2/c36-30-25(27(24-14-8-3-9-15-24)35(30)18-22-10-4-1-5-11-22)16-17-34-21-33-26-28(34)31-20-32-29(26)37-19-23-12-6-2-7-13-23/h1-15,20-21,25,27H,16-19H2/t25-,27-/m1/s1. The smallest absolute Gasteiger partial charge is 0.245 e. The molecule has 1 fully saturated rings. The zero-order chi connectivity index (χ0) is 25.0. The summed E-state index contributed by atoms with van der Waals surface area (Å²) in [5.41, 5.74) is 4.70. The van der Waals surface area contributed by atoms with Crippen molar-refractivity contribution in [1.29, 1.82) is 0 Å². The number of aromatic nitrogens is 4. The molecule has 6 rings (SSSR count). The number of hydrogen-bond acceptors (Lipinski definition) is 5. The lowest BCUT2D eigenvalue weighted by Crippen LogP contribution is -2.54. The van der Waals surface area contributed by atoms with Crippen molar-refractivity contribution >= 4 is 17.1 Å². The fourth-order valence-electron chi connectivity index (χ4n) is 5.05. The van der Waals surface area contributed by atoms with E-state index >= 15 is 0 Å². The quantitative estimate of drug-likeness (QED) is 0.266. The number of carbonyl (C=O) groups is 1. The minimum atomic E-state index is -0.0980. The van der Waals surface area contributed by atoms with Gasteiger partial charge < -0.3 is 14.2 Å². The van der Waals surface area contributed by atoms with Gasteiger partial charge in [0.1, 0.15) is 12.9 Å². The van der Waals surface area contributed by atoms with Gasteiger partial charge in [-0.25, -0.2) is 9.97 Å². The van der Waals surface area contributed by atoms with Crippen molar-refractivity contribution in [1.82, 2.24) is 24.4 Å². The Balaban J connectivity index is 1.18. The topological polar surface area (TPSA) is 73.1 Å². The largest absolute Gasteiger partial charge is 0.471 e. The lowest BCUT2D eigenvalue weighted by atomic mass is 9.80. The number of hydrogen-bond donors (Lipinski definition) is 0. The summed E-state index contributed by atoms with van der Waals surface area (Å²) >= 11 is 0. The first kappa shape index (κ1) is 22.9. The zero-order valence-electron chi connectivity index (χ0n) is 20.4. The van der Waals surface area contributed by atoms with Crippen LogP contribution in [0, 0.1) is 5.92 Å². The molecule has 5 aromatic rings. The van der Waals surface area contributed by atoms with E-state index in [2.05, 4.69) is 39.2 Å². The summed E-state index contributed by atoms with van der Waals surface area (Å²) in [6.45, 7) is 1.65. The second-order valence-corrected chi connectivity index (χ2v) is 9.27. The van der Waals surface area contributed by atoms with Crippen molar-refractivity contribution in [3.05, 3.63) is 120 Å². The van der Waals surface area contributed by atoms with Crippen LogP contribution in [0.5, 0.6) is 5.88 Å². The van der Waals surface area contributed by atoms with E-state index in [1.165, 1.54) is 6.33 Å². The molecule has 2 atom stereocenters. The van der Waals surface area contributed by atoms with E-state index in [9.17, 15) is 4.79 Å². The normalized spacial score (nSPS) is 17.1. The lowest BCUT2D eigenvalue weighted by molar-refractivity contribution is -0.159. The summed E-state index contributed by atoms with van der Waals surface area (Å²) in [5, 5.41) is 0. The molecule has 3 heterocycles. The van der Waals surface area contributed by atoms with Crippen molar-refractivity contribution in [2.24, 2.45) is 5.92 Å². The minimum absolute atomic E-state index is 0.0445. The van der Waals surface area contributed by atoms with E-state index in [4.69, 9.17) is 4.74 Å². The van der Waals surface area contributed by atoms with Crippen LogP contribution in [0.1, 0.15) is 29.2 Å². The second-order valence-electron chi connectivity index (χ2n) is 9.27. The van der Waals surface area contributed by atoms with E-state index in [-0.39, 0.29) is 17.9 Å². The number of β-lactam (4-membered cyclic amide) rings is 1. The molecule has 1 aliphatic heterocycles. The molecule has 0 bridgehead atoms. The van der Waals surface area contributed by atoms with Crippen LogP contribution in [0.4, 0.5) is 0 Å². The average Bonchev–Trinajstić information content (AvgIpc) is 3.38. The molecule has 1 amide bonds. The van der Waals surface area contributed by atoms with Crippen LogP contribution in [-0.4, -0.2) is 30.3 Å². The first-order chi connectivity index (χ1) is 18.3. The number of fused-ring (bicyclic) bond motifs is 1. The van der Waals surface area contributed by atoms with Gasteiger partial charge in [0.2, 0.25) is 11.8 Å². The van der Waals surface area contributed by atoms with Crippen LogP contribution < -0.4 is 4.74 Å². The van der Waals surface area contributed by atoms with Gasteiger partial charge in [-0.15, -0.1) is 0 Å². The van der Waals surface area contributed by atoms with Gasteiger partial charge in [0.05, 0.1) is 18.3 Å². The molecular weight excluding hydrogens is 462 g/mol. The third kappa shape index (κ3) is 4.68. The molecule has 2 aromatic heterocycles. The fourth-order valence-corrected chi connectivity index (χ4v) is 5.05. The highest BCUT2D eigenvalue weighted by Gasteiger charge is 2.47. The Bertz CT molecular complexity index is 1490. The highest BCUT2D eigenvalue weighted by Crippen LogP contribution is 2.43. The maximum atomic E-state index is 13.3. The van der Waals surface area contributed by atoms with Crippen molar-refractivity contribution in [2.45, 2.75) is 32.2 Å². The third-order valence-electron chi connectivity index (χ3n) is 6.92. The first-order valence-electron chi connectivity index (χ1n) is 12.5. The number of benzene rings is 3. The van der Waals surface area contributed by atoms with Gasteiger partial charge in [-0.2, -0.15) is 4.98 Å². The molecule has 1 aliphatic rings. The van der Waals surface area contributed by atoms with Crippen molar-refractivity contribution in [3.63, 3.8) is 0 Å². The van der Waals surface area contributed by atoms with E-state index in [0.717, 1.165) is 16.7 Å². The van der Waals surface area contributed by atoms with Crippen molar-refractivity contribution < 1.29 is 9.53 Å². The van der Waals surface area contributed by atoms with Crippen LogP contribution in [0.15, 0.2) is 104 Å². The number of nitrogens with zero attached hydrogens (tertiary/aromatic N) is 5. The number of carbonyl (C=O) groups excluding carboxylic acids is 1. The van der Waals surface area contributed by atoms with E-state index in [1.807, 2.05) is 76.2 Å². The molecule has 7 nitrogen and oxygen atoms in total. The van der Waals surface area contributed by atoms with Gasteiger partial charge in [0, 0.05) is 13.1 Å². The molecule has 0 radical (unpaired) electrons. The predicted molar refractivity (Wildman–Crippen MR) is 140 cm³/mol. The van der Waals surface area contributed by atoms with Crippen LogP contribution in [0.25, 0.3) is 11.2 Å². The number of aryl methyl sites for hydroxylation is 1. The molecular formula is C30H27N5O2. The maximum Gasteiger partial charge on any atom is 0.245 e. The summed E-state index contributed by atoms with van der Waals surface area (Å²) in [7, 11) is 0. The van der Waals surface area contributed by atoms with Gasteiger partial charge in [0.15, 0.2) is 11.2 Å². The molecule has 1 saturated heterocycles. The van der Waals surface area contributed by atoms with Crippen LogP contribution in [0.2, 0.25) is 0 Å². The molecule has 0 saturated carbocycles. The van der Waals surface area contributed by atoms with Gasteiger partial charge >= 0.3 is 0 Å². The molecule has 184 valence electrons. The molecule has 0 spiro atoms. The zero-order valence-corrected chi connectivity index (χ0v) is 20.4. The first-order valence-corrected chi connectivity index (χ1v) is 12.5. The Labute approximate surface area is 215 Å². The minimum Gasteiger partial charge on any atom is -0.471 e. The van der Waals surface area contributed by atoms with Gasteiger partial charge in [-0.1, -0.05) is 91.0 Å². The summed E-state index contributed by atoms with van der Waals surface area (Å²) in [6, 6.07) is 30.5. The summed E-state index contributed by atoms with van der Waals surface area (Å²) in [6.07, 6.45) is 3.96. The fraction of sp³-hybridized carbons (Fsp3) is 0.200. The van der Waals surface area contributed by atoms with Crippen molar-refractivity contribution in [3.8, 4) is 5.88 Å². The molecule has 37 heavy (non-hydrogen) atoms. The van der Waals surface area contributed by atoms with Gasteiger partial charge in [0.25, 0.3) is 0 Å². The van der Waals surface area contributed by atoms with Crippen LogP contribution in [0.3, 0.4) is 0 Å². The van der Waals surface area contributed by atoms with E-state index in [1.54, 1.807) is 6.33 Å². The number of ether oxygens (including phenoxy) is 1. The Morgan fingerprint density at radius 1 is 0.784 bits per heavy atom. The van der Waals surface area contributed by atoms with Crippen LogP contribution in [-0.2, 0) is 24.5 Å². The predicted octanol–water partition coefficient (Wildman–Crippen LogP) is 5.20. The Kier molecular flexibility index (Phi) is 6.33. The van der Waals surface area contributed by atoms with Gasteiger partial charge in [-0.05, 0) is 23.1 Å². The number of likely N-dealkylation sites (tertiary alicyclic amines) is 1. The number of imidazole rings is 1. The Hall–Kier alpha value is -4.52. The summed E-state index contributed by atoms with van der Waals surface area (Å²) in [5.74, 6) is 0.548. The maximum absolute atomic E-state index is 13.3. The molecule has 0 unspecified atom stereocenters. The monoisotopic (exact) mass is 489 g/mol. The molecule has 0 N–H and O–H groups in total. The van der Waals surface area contributed by atoms with E-state index in [0.29, 0.717) is 43.2 Å².